The van der Waals surface area contributed by atoms with Crippen molar-refractivity contribution in [1.82, 2.24) is 13.9 Å². The Morgan fingerprint density at radius 1 is 1.28 bits per heavy atom. The summed E-state index contributed by atoms with van der Waals surface area (Å²) in [4.78, 5) is 13.6. The molecule has 0 aliphatic carbocycles. The van der Waals surface area contributed by atoms with Gasteiger partial charge in [0.15, 0.2) is 0 Å². The van der Waals surface area contributed by atoms with Crippen molar-refractivity contribution in [2.24, 2.45) is 5.92 Å². The molecule has 1 atom stereocenters. The predicted molar refractivity (Wildman–Crippen MR) is 96.6 cm³/mol. The number of ether oxygens (including phenoxy) is 1. The van der Waals surface area contributed by atoms with Crippen molar-refractivity contribution in [1.29, 1.82) is 0 Å². The molecule has 7 nitrogen and oxygen atoms in total. The van der Waals surface area contributed by atoms with E-state index in [-0.39, 0.29) is 18.4 Å². The minimum absolute atomic E-state index is 0.0431. The fourth-order valence-electron chi connectivity index (χ4n) is 3.21. The Bertz CT molecular complexity index is 657. The molecule has 2 aliphatic heterocycles. The fraction of sp³-hybridized carbons (Fsp3) is 0.688. The van der Waals surface area contributed by atoms with E-state index in [1.54, 1.807) is 11.3 Å². The average Bonchev–Trinajstić information content (AvgIpc) is 3.16. The van der Waals surface area contributed by atoms with Crippen molar-refractivity contribution in [3.8, 4) is 0 Å². The molecule has 1 amide bonds. The first kappa shape index (κ1) is 18.8. The molecule has 3 rings (SSSR count). The van der Waals surface area contributed by atoms with Crippen LogP contribution in [0.2, 0.25) is 0 Å². The van der Waals surface area contributed by atoms with E-state index in [1.807, 2.05) is 17.5 Å². The molecule has 0 bridgehead atoms. The Morgan fingerprint density at radius 2 is 2.08 bits per heavy atom. The topological polar surface area (TPSA) is 79.0 Å². The zero-order chi connectivity index (χ0) is 17.7. The molecule has 2 saturated heterocycles. The van der Waals surface area contributed by atoms with Crippen molar-refractivity contribution in [2.75, 3.05) is 45.9 Å². The first-order valence-electron chi connectivity index (χ1n) is 8.70. The number of morpholine rings is 1. The van der Waals surface area contributed by atoms with Crippen molar-refractivity contribution in [3.05, 3.63) is 22.4 Å². The van der Waals surface area contributed by atoms with Crippen LogP contribution in [-0.2, 0) is 26.2 Å². The van der Waals surface area contributed by atoms with E-state index in [0.29, 0.717) is 45.8 Å². The second kappa shape index (κ2) is 8.59. The molecule has 9 heteroatoms. The summed E-state index contributed by atoms with van der Waals surface area (Å²) in [7, 11) is -3.50. The lowest BCUT2D eigenvalue weighted by atomic mass is 9.99. The van der Waals surface area contributed by atoms with E-state index >= 15 is 0 Å². The fourth-order valence-corrected chi connectivity index (χ4v) is 5.59. The molecule has 1 N–H and O–H groups in total. The smallest absolute Gasteiger partial charge is 0.282 e. The number of nitrogens with one attached hydrogen (secondary N) is 1. The standard InChI is InChI=1S/C16H25N3O4S2/c20-16(17-6-5-15-4-2-12-24-15)14-3-1-7-19(13-14)25(21,22)18-8-10-23-11-9-18/h2,4,12,14H,1,3,5-11,13H2,(H,17,20). The van der Waals surface area contributed by atoms with Crippen molar-refractivity contribution < 1.29 is 17.9 Å². The van der Waals surface area contributed by atoms with Crippen LogP contribution in [0.3, 0.4) is 0 Å². The van der Waals surface area contributed by atoms with Gasteiger partial charge in [0, 0.05) is 37.6 Å². The molecule has 0 radical (unpaired) electrons. The van der Waals surface area contributed by atoms with Crippen LogP contribution in [-0.4, -0.2) is 68.9 Å². The molecular weight excluding hydrogens is 362 g/mol. The number of rotatable bonds is 6. The first-order chi connectivity index (χ1) is 12.1. The van der Waals surface area contributed by atoms with Crippen LogP contribution in [0.1, 0.15) is 17.7 Å². The minimum atomic E-state index is -3.50. The van der Waals surface area contributed by atoms with E-state index in [9.17, 15) is 13.2 Å². The number of carbonyl (C=O) groups excluding carboxylic acids is 1. The second-order valence-electron chi connectivity index (χ2n) is 6.34. The largest absolute Gasteiger partial charge is 0.379 e. The second-order valence-corrected chi connectivity index (χ2v) is 9.30. The van der Waals surface area contributed by atoms with Crippen LogP contribution >= 0.6 is 11.3 Å². The van der Waals surface area contributed by atoms with E-state index in [4.69, 9.17) is 4.74 Å². The minimum Gasteiger partial charge on any atom is -0.379 e. The van der Waals surface area contributed by atoms with Gasteiger partial charge in [0.05, 0.1) is 19.1 Å². The molecule has 1 aromatic rings. The highest BCUT2D eigenvalue weighted by molar-refractivity contribution is 7.86. The van der Waals surface area contributed by atoms with Gasteiger partial charge in [0.2, 0.25) is 5.91 Å². The zero-order valence-electron chi connectivity index (χ0n) is 14.2. The number of nitrogens with zero attached hydrogens (tertiary/aromatic N) is 2. The molecule has 3 heterocycles. The molecule has 2 fully saturated rings. The van der Waals surface area contributed by atoms with Crippen molar-refractivity contribution >= 4 is 27.5 Å². The van der Waals surface area contributed by atoms with E-state index in [0.717, 1.165) is 12.8 Å². The summed E-state index contributed by atoms with van der Waals surface area (Å²) in [6, 6.07) is 4.05. The number of thiophene rings is 1. The number of hydrogen-bond acceptors (Lipinski definition) is 5. The molecule has 0 spiro atoms. The van der Waals surface area contributed by atoms with Crippen LogP contribution in [0.4, 0.5) is 0 Å². The molecule has 1 aromatic heterocycles. The molecule has 0 saturated carbocycles. The average molecular weight is 388 g/mol. The maximum atomic E-state index is 12.7. The van der Waals surface area contributed by atoms with Crippen LogP contribution in [0.25, 0.3) is 0 Å². The maximum Gasteiger partial charge on any atom is 0.282 e. The zero-order valence-corrected chi connectivity index (χ0v) is 15.9. The molecule has 0 aromatic carbocycles. The summed E-state index contributed by atoms with van der Waals surface area (Å²) in [5.74, 6) is -0.314. The highest BCUT2D eigenvalue weighted by Crippen LogP contribution is 2.22. The number of amides is 1. The highest BCUT2D eigenvalue weighted by Gasteiger charge is 2.36. The van der Waals surface area contributed by atoms with Crippen LogP contribution in [0.15, 0.2) is 17.5 Å². The van der Waals surface area contributed by atoms with Gasteiger partial charge in [-0.1, -0.05) is 6.07 Å². The lowest BCUT2D eigenvalue weighted by molar-refractivity contribution is -0.126. The summed E-state index contributed by atoms with van der Waals surface area (Å²) >= 11 is 1.68. The lowest BCUT2D eigenvalue weighted by Gasteiger charge is -2.36. The Hall–Kier alpha value is -1.00. The molecule has 25 heavy (non-hydrogen) atoms. The summed E-state index contributed by atoms with van der Waals surface area (Å²) in [6.07, 6.45) is 2.26. The van der Waals surface area contributed by atoms with Gasteiger partial charge in [0.25, 0.3) is 10.2 Å². The van der Waals surface area contributed by atoms with Gasteiger partial charge in [-0.25, -0.2) is 0 Å². The Labute approximate surface area is 153 Å². The molecule has 2 aliphatic rings. The van der Waals surface area contributed by atoms with Gasteiger partial charge >= 0.3 is 0 Å². The normalized spacial score (nSPS) is 23.4. The van der Waals surface area contributed by atoms with E-state index in [2.05, 4.69) is 5.32 Å². The molecule has 140 valence electrons. The summed E-state index contributed by atoms with van der Waals surface area (Å²) in [5, 5.41) is 4.98. The lowest BCUT2D eigenvalue weighted by Crippen LogP contribution is -2.53. The van der Waals surface area contributed by atoms with Gasteiger partial charge in [-0.3, -0.25) is 4.79 Å². The number of piperidine rings is 1. The van der Waals surface area contributed by atoms with E-state index < -0.39 is 10.2 Å². The van der Waals surface area contributed by atoms with E-state index in [1.165, 1.54) is 13.5 Å². The predicted octanol–water partition coefficient (Wildman–Crippen LogP) is 0.696. The Kier molecular flexibility index (Phi) is 6.45. The summed E-state index contributed by atoms with van der Waals surface area (Å²) in [5.41, 5.74) is 0. The number of hydrogen-bond donors (Lipinski definition) is 1. The Morgan fingerprint density at radius 3 is 2.80 bits per heavy atom. The summed E-state index contributed by atoms with van der Waals surface area (Å²) < 4.78 is 33.6. The third-order valence-electron chi connectivity index (χ3n) is 4.63. The highest BCUT2D eigenvalue weighted by atomic mass is 32.2. The maximum absolute atomic E-state index is 12.7. The third kappa shape index (κ3) is 4.79. The van der Waals surface area contributed by atoms with Crippen LogP contribution < -0.4 is 5.32 Å². The number of carbonyl (C=O) groups is 1. The molecular formula is C16H25N3O4S2. The monoisotopic (exact) mass is 387 g/mol. The van der Waals surface area contributed by atoms with Crippen LogP contribution in [0, 0.1) is 5.92 Å². The van der Waals surface area contributed by atoms with Gasteiger partial charge < -0.3 is 10.1 Å². The molecule has 1 unspecified atom stereocenters. The Balaban J connectivity index is 1.52. The quantitative estimate of drug-likeness (QED) is 0.779. The van der Waals surface area contributed by atoms with Crippen molar-refractivity contribution in [3.63, 3.8) is 0 Å². The van der Waals surface area contributed by atoms with Crippen molar-refractivity contribution in [2.45, 2.75) is 19.3 Å². The SMILES string of the molecule is O=C(NCCc1cccs1)C1CCCN(S(=O)(=O)N2CCOCC2)C1. The van der Waals surface area contributed by atoms with Gasteiger partial charge in [-0.05, 0) is 30.7 Å². The van der Waals surface area contributed by atoms with Crippen LogP contribution in [0.5, 0.6) is 0 Å². The summed E-state index contributed by atoms with van der Waals surface area (Å²) in [6.45, 7) is 2.97. The third-order valence-corrected chi connectivity index (χ3v) is 7.57. The first-order valence-corrected chi connectivity index (χ1v) is 11.0. The van der Waals surface area contributed by atoms with Gasteiger partial charge in [-0.2, -0.15) is 17.0 Å². The van der Waals surface area contributed by atoms with Gasteiger partial charge in [-0.15, -0.1) is 11.3 Å². The van der Waals surface area contributed by atoms with Gasteiger partial charge in [0.1, 0.15) is 0 Å².